The van der Waals surface area contributed by atoms with Crippen LogP contribution < -0.4 is 5.32 Å². The van der Waals surface area contributed by atoms with E-state index in [0.717, 1.165) is 60.4 Å². The van der Waals surface area contributed by atoms with Gasteiger partial charge in [0.1, 0.15) is 11.5 Å². The van der Waals surface area contributed by atoms with Crippen molar-refractivity contribution in [3.05, 3.63) is 53.0 Å². The van der Waals surface area contributed by atoms with Gasteiger partial charge < -0.3 is 14.8 Å². The molecule has 6 heteroatoms. The largest absolute Gasteiger partial charge is 0.361 e. The first-order valence-electron chi connectivity index (χ1n) is 9.13. The minimum atomic E-state index is -0.0367. The fourth-order valence-corrected chi connectivity index (χ4v) is 3.73. The van der Waals surface area contributed by atoms with Crippen LogP contribution in [0.15, 0.2) is 34.9 Å². The van der Waals surface area contributed by atoms with E-state index in [1.54, 1.807) is 0 Å². The lowest BCUT2D eigenvalue weighted by Crippen LogP contribution is -2.47. The number of aromatic nitrogens is 2. The lowest BCUT2D eigenvalue weighted by Gasteiger charge is -2.33. The number of para-hydroxylation sites is 1. The van der Waals surface area contributed by atoms with Crippen LogP contribution in [0.3, 0.4) is 0 Å². The molecule has 1 aliphatic rings. The second-order valence-corrected chi connectivity index (χ2v) is 7.12. The maximum absolute atomic E-state index is 12.6. The molecule has 4 rings (SSSR count). The van der Waals surface area contributed by atoms with E-state index in [2.05, 4.69) is 20.4 Å². The standard InChI is InChI=1S/C20H24N4O2/c1-13-17(14(2)26-23-13)12-24-9-5-7-16(11-24)21-20(25)19-10-15-6-3-4-8-18(15)22-19/h3-4,6,8,10,16,22H,5,7,9,11-12H2,1-2H3,(H,21,25). The molecular formula is C20H24N4O2. The Labute approximate surface area is 152 Å². The van der Waals surface area contributed by atoms with Gasteiger partial charge in [-0.25, -0.2) is 0 Å². The summed E-state index contributed by atoms with van der Waals surface area (Å²) in [6, 6.07) is 10.0. The van der Waals surface area contributed by atoms with Gasteiger partial charge in [-0.1, -0.05) is 23.4 Å². The molecule has 136 valence electrons. The molecule has 0 aliphatic carbocycles. The zero-order valence-corrected chi connectivity index (χ0v) is 15.2. The average molecular weight is 352 g/mol. The third kappa shape index (κ3) is 3.37. The molecule has 3 aromatic rings. The summed E-state index contributed by atoms with van der Waals surface area (Å²) in [5.74, 6) is 0.845. The SMILES string of the molecule is Cc1noc(C)c1CN1CCCC(NC(=O)c2cc3ccccc3[nH]2)C1. The van der Waals surface area contributed by atoms with Gasteiger partial charge in [0.15, 0.2) is 0 Å². The van der Waals surface area contributed by atoms with E-state index in [0.29, 0.717) is 5.69 Å². The van der Waals surface area contributed by atoms with Gasteiger partial charge in [-0.05, 0) is 45.4 Å². The van der Waals surface area contributed by atoms with Crippen molar-refractivity contribution in [1.82, 2.24) is 20.4 Å². The summed E-state index contributed by atoms with van der Waals surface area (Å²) < 4.78 is 5.26. The fourth-order valence-electron chi connectivity index (χ4n) is 3.73. The van der Waals surface area contributed by atoms with Gasteiger partial charge in [0.05, 0.1) is 5.69 Å². The predicted octanol–water partition coefficient (Wildman–Crippen LogP) is 3.17. The number of hydrogen-bond donors (Lipinski definition) is 2. The van der Waals surface area contributed by atoms with Gasteiger partial charge in [-0.2, -0.15) is 0 Å². The van der Waals surface area contributed by atoms with Crippen LogP contribution in [0.2, 0.25) is 0 Å². The molecule has 2 N–H and O–H groups in total. The first kappa shape index (κ1) is 16.8. The van der Waals surface area contributed by atoms with E-state index < -0.39 is 0 Å². The first-order chi connectivity index (χ1) is 12.6. The molecule has 1 saturated heterocycles. The Bertz CT molecular complexity index is 874. The number of fused-ring (bicyclic) bond motifs is 1. The molecule has 6 nitrogen and oxygen atoms in total. The van der Waals surface area contributed by atoms with Gasteiger partial charge in [-0.3, -0.25) is 9.69 Å². The Hall–Kier alpha value is -2.60. The molecule has 3 heterocycles. The number of nitrogens with zero attached hydrogens (tertiary/aromatic N) is 2. The summed E-state index contributed by atoms with van der Waals surface area (Å²) in [6.07, 6.45) is 2.07. The second kappa shape index (κ2) is 6.96. The molecule has 1 fully saturated rings. The fraction of sp³-hybridized carbons (Fsp3) is 0.400. The zero-order valence-electron chi connectivity index (χ0n) is 15.2. The molecule has 1 aromatic carbocycles. The third-order valence-electron chi connectivity index (χ3n) is 5.18. The van der Waals surface area contributed by atoms with Gasteiger partial charge >= 0.3 is 0 Å². The van der Waals surface area contributed by atoms with Crippen LogP contribution in [0.4, 0.5) is 0 Å². The number of nitrogens with one attached hydrogen (secondary N) is 2. The summed E-state index contributed by atoms with van der Waals surface area (Å²) >= 11 is 0. The van der Waals surface area contributed by atoms with E-state index in [1.807, 2.05) is 44.2 Å². The first-order valence-corrected chi connectivity index (χ1v) is 9.13. The number of rotatable bonds is 4. The molecule has 1 unspecified atom stereocenters. The highest BCUT2D eigenvalue weighted by Crippen LogP contribution is 2.19. The maximum atomic E-state index is 12.6. The number of carbonyl (C=O) groups is 1. The van der Waals surface area contributed by atoms with Crippen molar-refractivity contribution >= 4 is 16.8 Å². The van der Waals surface area contributed by atoms with Crippen molar-refractivity contribution in [2.45, 2.75) is 39.3 Å². The van der Waals surface area contributed by atoms with Crippen LogP contribution in [-0.4, -0.2) is 40.1 Å². The number of carbonyl (C=O) groups excluding carboxylic acids is 1. The number of benzene rings is 1. The Morgan fingerprint density at radius 1 is 1.38 bits per heavy atom. The number of amides is 1. The smallest absolute Gasteiger partial charge is 0.267 e. The number of piperidine rings is 1. The van der Waals surface area contributed by atoms with E-state index in [9.17, 15) is 4.79 Å². The molecular weight excluding hydrogens is 328 g/mol. The number of hydrogen-bond acceptors (Lipinski definition) is 4. The van der Waals surface area contributed by atoms with Crippen molar-refractivity contribution in [3.63, 3.8) is 0 Å². The number of likely N-dealkylation sites (tertiary alicyclic amines) is 1. The summed E-state index contributed by atoms with van der Waals surface area (Å²) in [6.45, 7) is 6.62. The molecule has 2 aromatic heterocycles. The minimum absolute atomic E-state index is 0.0367. The summed E-state index contributed by atoms with van der Waals surface area (Å²) in [4.78, 5) is 18.2. The summed E-state index contributed by atoms with van der Waals surface area (Å²) in [5.41, 5.74) is 3.72. The predicted molar refractivity (Wildman–Crippen MR) is 100 cm³/mol. The molecule has 0 spiro atoms. The van der Waals surface area contributed by atoms with Crippen molar-refractivity contribution in [3.8, 4) is 0 Å². The van der Waals surface area contributed by atoms with E-state index in [1.165, 1.54) is 0 Å². The van der Waals surface area contributed by atoms with Crippen molar-refractivity contribution in [2.75, 3.05) is 13.1 Å². The van der Waals surface area contributed by atoms with Crippen LogP contribution in [0.5, 0.6) is 0 Å². The summed E-state index contributed by atoms with van der Waals surface area (Å²) in [7, 11) is 0. The second-order valence-electron chi connectivity index (χ2n) is 7.12. The monoisotopic (exact) mass is 352 g/mol. The van der Waals surface area contributed by atoms with Crippen molar-refractivity contribution < 1.29 is 9.32 Å². The highest BCUT2D eigenvalue weighted by Gasteiger charge is 2.24. The van der Waals surface area contributed by atoms with Crippen LogP contribution in [0.25, 0.3) is 10.9 Å². The Balaban J connectivity index is 1.40. The molecule has 1 aliphatic heterocycles. The third-order valence-corrected chi connectivity index (χ3v) is 5.18. The van der Waals surface area contributed by atoms with Crippen molar-refractivity contribution in [1.29, 1.82) is 0 Å². The van der Waals surface area contributed by atoms with E-state index in [-0.39, 0.29) is 11.9 Å². The summed E-state index contributed by atoms with van der Waals surface area (Å²) in [5, 5.41) is 8.27. The highest BCUT2D eigenvalue weighted by atomic mass is 16.5. The van der Waals surface area contributed by atoms with Crippen molar-refractivity contribution in [2.24, 2.45) is 0 Å². The van der Waals surface area contributed by atoms with E-state index >= 15 is 0 Å². The molecule has 0 radical (unpaired) electrons. The molecule has 0 saturated carbocycles. The quantitative estimate of drug-likeness (QED) is 0.756. The Morgan fingerprint density at radius 2 is 2.23 bits per heavy atom. The molecule has 1 atom stereocenters. The maximum Gasteiger partial charge on any atom is 0.267 e. The van der Waals surface area contributed by atoms with Gasteiger partial charge in [0.2, 0.25) is 0 Å². The normalized spacial score (nSPS) is 18.3. The lowest BCUT2D eigenvalue weighted by molar-refractivity contribution is 0.0896. The number of H-pyrrole nitrogens is 1. The topological polar surface area (TPSA) is 74.2 Å². The molecule has 1 amide bonds. The van der Waals surface area contributed by atoms with Crippen LogP contribution in [0.1, 0.15) is 40.3 Å². The van der Waals surface area contributed by atoms with Crippen LogP contribution in [0, 0.1) is 13.8 Å². The molecule has 26 heavy (non-hydrogen) atoms. The van der Waals surface area contributed by atoms with Gasteiger partial charge in [0, 0.05) is 35.6 Å². The van der Waals surface area contributed by atoms with Crippen LogP contribution in [-0.2, 0) is 6.54 Å². The molecule has 0 bridgehead atoms. The Morgan fingerprint density at radius 3 is 3.00 bits per heavy atom. The van der Waals surface area contributed by atoms with E-state index in [4.69, 9.17) is 4.52 Å². The van der Waals surface area contributed by atoms with Crippen LogP contribution >= 0.6 is 0 Å². The Kier molecular flexibility index (Phi) is 4.51. The highest BCUT2D eigenvalue weighted by molar-refractivity contribution is 5.98. The number of aryl methyl sites for hydroxylation is 2. The van der Waals surface area contributed by atoms with Gasteiger partial charge in [-0.15, -0.1) is 0 Å². The lowest BCUT2D eigenvalue weighted by atomic mass is 10.0. The average Bonchev–Trinajstić information content (AvgIpc) is 3.21. The number of aromatic amines is 1. The van der Waals surface area contributed by atoms with Gasteiger partial charge in [0.25, 0.3) is 5.91 Å². The zero-order chi connectivity index (χ0) is 18.1. The minimum Gasteiger partial charge on any atom is -0.361 e.